The fourth-order valence-electron chi connectivity index (χ4n) is 3.72. The maximum Gasteiger partial charge on any atom is 0.289 e. The van der Waals surface area contributed by atoms with Gasteiger partial charge in [-0.05, 0) is 57.0 Å². The Hall–Kier alpha value is -1.98. The molecule has 1 aromatic carbocycles. The fraction of sp³-hybridized carbons (Fsp3) is 0.476. The zero-order valence-corrected chi connectivity index (χ0v) is 17.1. The van der Waals surface area contributed by atoms with E-state index in [1.165, 1.54) is 5.56 Å². The first-order valence-electron chi connectivity index (χ1n) is 9.30. The second kappa shape index (κ2) is 9.81. The molecule has 1 amide bonds. The summed E-state index contributed by atoms with van der Waals surface area (Å²) in [6.07, 6.45) is 3.62. The van der Waals surface area contributed by atoms with Crippen LogP contribution in [0.1, 0.15) is 36.4 Å². The van der Waals surface area contributed by atoms with Crippen LogP contribution in [-0.2, 0) is 6.42 Å². The molecule has 5 nitrogen and oxygen atoms in total. The monoisotopic (exact) mass is 392 g/mol. The number of rotatable bonds is 6. The standard InChI is InChI=1S/C21H28N2O3.ClH/c1-16-15-23(21(24)20-11-7-13-26-20)17(2)14-22(16)12-6-9-18-8-4-5-10-19(18)25-3;/h4-5,7-8,10-11,13,16-17H,6,9,12,14-15H2,1-3H3;1H/t16-,17+;/m0./s1. The van der Waals surface area contributed by atoms with E-state index >= 15 is 0 Å². The van der Waals surface area contributed by atoms with Crippen molar-refractivity contribution in [3.63, 3.8) is 0 Å². The van der Waals surface area contributed by atoms with Gasteiger partial charge < -0.3 is 14.1 Å². The first kappa shape index (κ1) is 21.3. The van der Waals surface area contributed by atoms with Gasteiger partial charge in [-0.15, -0.1) is 12.4 Å². The predicted molar refractivity (Wildman–Crippen MR) is 109 cm³/mol. The van der Waals surface area contributed by atoms with E-state index in [-0.39, 0.29) is 24.4 Å². The van der Waals surface area contributed by atoms with Crippen LogP contribution in [0.3, 0.4) is 0 Å². The minimum atomic E-state index is -0.0111. The highest BCUT2D eigenvalue weighted by atomic mass is 35.5. The van der Waals surface area contributed by atoms with Crippen molar-refractivity contribution < 1.29 is 13.9 Å². The number of piperazine rings is 1. The van der Waals surface area contributed by atoms with E-state index in [1.54, 1.807) is 25.5 Å². The molecule has 1 fully saturated rings. The van der Waals surface area contributed by atoms with E-state index < -0.39 is 0 Å². The largest absolute Gasteiger partial charge is 0.496 e. The second-order valence-corrected chi connectivity index (χ2v) is 7.04. The van der Waals surface area contributed by atoms with Crippen molar-refractivity contribution in [2.45, 2.75) is 38.8 Å². The first-order chi connectivity index (χ1) is 12.6. The van der Waals surface area contributed by atoms with Crippen molar-refractivity contribution >= 4 is 18.3 Å². The Morgan fingerprint density at radius 2 is 1.93 bits per heavy atom. The smallest absolute Gasteiger partial charge is 0.289 e. The van der Waals surface area contributed by atoms with Gasteiger partial charge in [-0.1, -0.05) is 18.2 Å². The van der Waals surface area contributed by atoms with E-state index in [4.69, 9.17) is 9.15 Å². The zero-order valence-electron chi connectivity index (χ0n) is 16.3. The molecule has 2 atom stereocenters. The Kier molecular flexibility index (Phi) is 7.75. The average Bonchev–Trinajstić information content (AvgIpc) is 3.19. The maximum atomic E-state index is 12.6. The molecule has 0 radical (unpaired) electrons. The number of amides is 1. The quantitative estimate of drug-likeness (QED) is 0.748. The van der Waals surface area contributed by atoms with E-state index in [2.05, 4.69) is 30.9 Å². The minimum absolute atomic E-state index is 0. The Morgan fingerprint density at radius 3 is 2.63 bits per heavy atom. The third kappa shape index (κ3) is 5.05. The van der Waals surface area contributed by atoms with E-state index in [1.807, 2.05) is 17.0 Å². The number of hydrogen-bond acceptors (Lipinski definition) is 4. The lowest BCUT2D eigenvalue weighted by molar-refractivity contribution is 0.0290. The molecule has 3 rings (SSSR count). The SMILES string of the molecule is COc1ccccc1CCCN1C[C@@H](C)N(C(=O)c2ccco2)C[C@@H]1C.Cl. The third-order valence-corrected chi connectivity index (χ3v) is 5.19. The molecule has 0 aliphatic carbocycles. The number of carbonyl (C=O) groups is 1. The molecule has 0 bridgehead atoms. The molecule has 1 aliphatic rings. The molecule has 1 aromatic heterocycles. The lowest BCUT2D eigenvalue weighted by atomic mass is 10.0. The number of benzene rings is 1. The van der Waals surface area contributed by atoms with Gasteiger partial charge in [-0.25, -0.2) is 0 Å². The van der Waals surface area contributed by atoms with Crippen LogP contribution in [0.5, 0.6) is 5.75 Å². The first-order valence-corrected chi connectivity index (χ1v) is 9.30. The van der Waals surface area contributed by atoms with Gasteiger partial charge in [-0.3, -0.25) is 9.69 Å². The van der Waals surface area contributed by atoms with E-state index in [9.17, 15) is 4.79 Å². The van der Waals surface area contributed by atoms with Crippen LogP contribution >= 0.6 is 12.4 Å². The Balaban J connectivity index is 0.00000261. The summed E-state index contributed by atoms with van der Waals surface area (Å²) in [5.74, 6) is 1.37. The maximum absolute atomic E-state index is 12.6. The molecular weight excluding hydrogens is 364 g/mol. The van der Waals surface area contributed by atoms with Crippen molar-refractivity contribution in [1.29, 1.82) is 0 Å². The van der Waals surface area contributed by atoms with Crippen molar-refractivity contribution in [3.8, 4) is 5.75 Å². The predicted octanol–water partition coefficient (Wildman–Crippen LogP) is 3.88. The van der Waals surface area contributed by atoms with Crippen LogP contribution in [0.4, 0.5) is 0 Å². The Labute approximate surface area is 167 Å². The molecule has 27 heavy (non-hydrogen) atoms. The third-order valence-electron chi connectivity index (χ3n) is 5.19. The number of para-hydroxylation sites is 1. The molecule has 0 unspecified atom stereocenters. The number of halogens is 1. The van der Waals surface area contributed by atoms with E-state index in [0.29, 0.717) is 11.8 Å². The molecule has 6 heteroatoms. The Bertz CT molecular complexity index is 720. The van der Waals surface area contributed by atoms with Gasteiger partial charge in [0.05, 0.1) is 13.4 Å². The van der Waals surface area contributed by atoms with E-state index in [0.717, 1.165) is 38.2 Å². The van der Waals surface area contributed by atoms with Gasteiger partial charge in [0.15, 0.2) is 5.76 Å². The number of methoxy groups -OCH3 is 1. The lowest BCUT2D eigenvalue weighted by Gasteiger charge is -2.44. The van der Waals surface area contributed by atoms with Gasteiger partial charge in [0.1, 0.15) is 5.75 Å². The summed E-state index contributed by atoms with van der Waals surface area (Å²) >= 11 is 0. The number of nitrogens with zero attached hydrogens (tertiary/aromatic N) is 2. The van der Waals surface area contributed by atoms with Gasteiger partial charge in [-0.2, -0.15) is 0 Å². The minimum Gasteiger partial charge on any atom is -0.496 e. The molecule has 0 saturated carbocycles. The summed E-state index contributed by atoms with van der Waals surface area (Å²) in [6, 6.07) is 12.2. The van der Waals surface area contributed by atoms with Gasteiger partial charge in [0.2, 0.25) is 0 Å². The number of furan rings is 1. The van der Waals surface area contributed by atoms with Crippen molar-refractivity contribution in [2.24, 2.45) is 0 Å². The van der Waals surface area contributed by atoms with Crippen LogP contribution in [-0.4, -0.2) is 54.5 Å². The van der Waals surface area contributed by atoms with Gasteiger partial charge in [0, 0.05) is 25.2 Å². The van der Waals surface area contributed by atoms with Crippen LogP contribution in [0, 0.1) is 0 Å². The molecule has 1 aliphatic heterocycles. The highest BCUT2D eigenvalue weighted by Crippen LogP contribution is 2.21. The van der Waals surface area contributed by atoms with Gasteiger partial charge >= 0.3 is 0 Å². The molecule has 1 saturated heterocycles. The number of carbonyl (C=O) groups excluding carboxylic acids is 1. The second-order valence-electron chi connectivity index (χ2n) is 7.04. The highest BCUT2D eigenvalue weighted by Gasteiger charge is 2.32. The number of hydrogen-bond donors (Lipinski definition) is 0. The van der Waals surface area contributed by atoms with Crippen LogP contribution in [0.2, 0.25) is 0 Å². The summed E-state index contributed by atoms with van der Waals surface area (Å²) in [5.41, 5.74) is 1.25. The molecular formula is C21H29ClN2O3. The topological polar surface area (TPSA) is 45.9 Å². The molecule has 0 spiro atoms. The molecule has 2 heterocycles. The summed E-state index contributed by atoms with van der Waals surface area (Å²) in [5, 5.41) is 0. The van der Waals surface area contributed by atoms with Gasteiger partial charge in [0.25, 0.3) is 5.91 Å². The summed E-state index contributed by atoms with van der Waals surface area (Å²) in [4.78, 5) is 17.0. The van der Waals surface area contributed by atoms with Crippen LogP contribution < -0.4 is 4.74 Å². The molecule has 148 valence electrons. The van der Waals surface area contributed by atoms with Crippen molar-refractivity contribution in [3.05, 3.63) is 54.0 Å². The van der Waals surface area contributed by atoms with Crippen LogP contribution in [0.25, 0.3) is 0 Å². The normalized spacial score (nSPS) is 20.2. The average molecular weight is 393 g/mol. The van der Waals surface area contributed by atoms with Crippen LogP contribution in [0.15, 0.2) is 47.1 Å². The lowest BCUT2D eigenvalue weighted by Crippen LogP contribution is -2.58. The fourth-order valence-corrected chi connectivity index (χ4v) is 3.72. The summed E-state index contributed by atoms with van der Waals surface area (Å²) in [7, 11) is 1.72. The number of ether oxygens (including phenoxy) is 1. The zero-order chi connectivity index (χ0) is 18.5. The summed E-state index contributed by atoms with van der Waals surface area (Å²) in [6.45, 7) is 6.94. The molecule has 2 aromatic rings. The van der Waals surface area contributed by atoms with Crippen molar-refractivity contribution in [2.75, 3.05) is 26.7 Å². The summed E-state index contributed by atoms with van der Waals surface area (Å²) < 4.78 is 10.7. The number of aryl methyl sites for hydroxylation is 1. The highest BCUT2D eigenvalue weighted by molar-refractivity contribution is 5.91. The van der Waals surface area contributed by atoms with Crippen molar-refractivity contribution in [1.82, 2.24) is 9.80 Å². The molecule has 0 N–H and O–H groups in total. The Morgan fingerprint density at radius 1 is 1.15 bits per heavy atom.